The Morgan fingerprint density at radius 3 is 2.48 bits per heavy atom. The van der Waals surface area contributed by atoms with Crippen LogP contribution in [0, 0.1) is 19.7 Å². The molecule has 0 spiro atoms. The third-order valence-electron chi connectivity index (χ3n) is 3.44. The first kappa shape index (κ1) is 16.0. The topological polar surface area (TPSA) is 24.9 Å². The van der Waals surface area contributed by atoms with Gasteiger partial charge in [0.1, 0.15) is 5.82 Å². The average molecular weight is 306 g/mol. The van der Waals surface area contributed by atoms with E-state index in [0.29, 0.717) is 0 Å². The lowest BCUT2D eigenvalue weighted by atomic mass is 9.98. The second kappa shape index (κ2) is 5.76. The van der Waals surface area contributed by atoms with E-state index >= 15 is 0 Å². The smallest absolute Gasteiger partial charge is 0.125 e. The van der Waals surface area contributed by atoms with Gasteiger partial charge in [0.25, 0.3) is 0 Å². The van der Waals surface area contributed by atoms with Crippen molar-refractivity contribution >= 4 is 17.0 Å². The molecule has 2 aromatic rings. The highest BCUT2D eigenvalue weighted by atomic mass is 32.1. The minimum Gasteiger partial charge on any atom is -0.377 e. The van der Waals surface area contributed by atoms with Crippen LogP contribution in [0.4, 0.5) is 10.1 Å². The van der Waals surface area contributed by atoms with Gasteiger partial charge in [0.2, 0.25) is 0 Å². The Bertz CT molecular complexity index is 641. The Morgan fingerprint density at radius 2 is 1.90 bits per heavy atom. The number of anilines is 1. The van der Waals surface area contributed by atoms with Gasteiger partial charge in [-0.25, -0.2) is 9.37 Å². The van der Waals surface area contributed by atoms with Crippen molar-refractivity contribution in [1.29, 1.82) is 0 Å². The highest BCUT2D eigenvalue weighted by Gasteiger charge is 2.22. The predicted octanol–water partition coefficient (Wildman–Crippen LogP) is 5.37. The van der Waals surface area contributed by atoms with Crippen LogP contribution in [-0.4, -0.2) is 4.98 Å². The first-order valence-corrected chi connectivity index (χ1v) is 8.00. The van der Waals surface area contributed by atoms with E-state index in [-0.39, 0.29) is 17.3 Å². The van der Waals surface area contributed by atoms with E-state index in [9.17, 15) is 4.39 Å². The van der Waals surface area contributed by atoms with Crippen molar-refractivity contribution in [3.63, 3.8) is 0 Å². The number of hydrogen-bond donors (Lipinski definition) is 1. The van der Waals surface area contributed by atoms with E-state index in [2.05, 4.69) is 38.0 Å². The second-order valence-corrected chi connectivity index (χ2v) is 7.57. The Hall–Kier alpha value is -1.42. The van der Waals surface area contributed by atoms with Crippen molar-refractivity contribution in [2.45, 2.75) is 53.0 Å². The van der Waals surface area contributed by atoms with Gasteiger partial charge in [0.05, 0.1) is 16.7 Å². The molecule has 0 saturated carbocycles. The summed E-state index contributed by atoms with van der Waals surface area (Å²) >= 11 is 1.74. The summed E-state index contributed by atoms with van der Waals surface area (Å²) in [6, 6.07) is 4.94. The summed E-state index contributed by atoms with van der Waals surface area (Å²) in [7, 11) is 0. The third kappa shape index (κ3) is 3.62. The highest BCUT2D eigenvalue weighted by Crippen LogP contribution is 2.34. The molecule has 1 aromatic carbocycles. The largest absolute Gasteiger partial charge is 0.377 e. The lowest BCUT2D eigenvalue weighted by Crippen LogP contribution is -2.10. The van der Waals surface area contributed by atoms with Gasteiger partial charge in [-0.15, -0.1) is 11.3 Å². The molecule has 2 rings (SSSR count). The minimum absolute atomic E-state index is 0.0577. The molecule has 2 nitrogen and oxygen atoms in total. The van der Waals surface area contributed by atoms with Crippen molar-refractivity contribution in [3.8, 4) is 0 Å². The van der Waals surface area contributed by atoms with Gasteiger partial charge in [-0.05, 0) is 38.5 Å². The first-order chi connectivity index (χ1) is 9.68. The van der Waals surface area contributed by atoms with Crippen molar-refractivity contribution in [1.82, 2.24) is 4.98 Å². The van der Waals surface area contributed by atoms with Crippen molar-refractivity contribution in [2.24, 2.45) is 0 Å². The minimum atomic E-state index is -0.216. The zero-order valence-corrected chi connectivity index (χ0v) is 14.4. The van der Waals surface area contributed by atoms with Crippen LogP contribution in [0.15, 0.2) is 18.2 Å². The van der Waals surface area contributed by atoms with Crippen molar-refractivity contribution < 1.29 is 4.39 Å². The molecule has 1 heterocycles. The first-order valence-electron chi connectivity index (χ1n) is 7.19. The summed E-state index contributed by atoms with van der Waals surface area (Å²) in [4.78, 5) is 5.90. The Labute approximate surface area is 130 Å². The molecule has 1 aromatic heterocycles. The molecule has 1 unspecified atom stereocenters. The average Bonchev–Trinajstić information content (AvgIpc) is 2.76. The number of nitrogens with zero attached hydrogens (tertiary/aromatic N) is 1. The maximum Gasteiger partial charge on any atom is 0.125 e. The van der Waals surface area contributed by atoms with E-state index in [1.54, 1.807) is 23.5 Å². The Balaban J connectivity index is 2.26. The maximum atomic E-state index is 13.4. The van der Waals surface area contributed by atoms with Crippen molar-refractivity contribution in [3.05, 3.63) is 45.2 Å². The van der Waals surface area contributed by atoms with E-state index in [1.165, 1.54) is 10.9 Å². The molecule has 0 amide bonds. The third-order valence-corrected chi connectivity index (χ3v) is 5.20. The molecular weight excluding hydrogens is 283 g/mol. The van der Waals surface area contributed by atoms with Gasteiger partial charge in [0.15, 0.2) is 0 Å². The molecular formula is C17H23FN2S. The SMILES string of the molecule is Cc1ccc(F)cc1NC(C)c1sc(C(C)(C)C)nc1C. The summed E-state index contributed by atoms with van der Waals surface area (Å²) in [6.45, 7) is 12.6. The maximum absolute atomic E-state index is 13.4. The van der Waals surface area contributed by atoms with E-state index in [1.807, 2.05) is 13.8 Å². The normalized spacial score (nSPS) is 13.3. The van der Waals surface area contributed by atoms with E-state index < -0.39 is 0 Å². The lowest BCUT2D eigenvalue weighted by molar-refractivity contribution is 0.584. The van der Waals surface area contributed by atoms with Crippen LogP contribution in [0.25, 0.3) is 0 Å². The van der Waals surface area contributed by atoms with Gasteiger partial charge >= 0.3 is 0 Å². The van der Waals surface area contributed by atoms with E-state index in [0.717, 1.165) is 22.0 Å². The van der Waals surface area contributed by atoms with Gasteiger partial charge < -0.3 is 5.32 Å². The zero-order chi connectivity index (χ0) is 15.8. The molecule has 0 bridgehead atoms. The van der Waals surface area contributed by atoms with Crippen LogP contribution in [-0.2, 0) is 5.41 Å². The Morgan fingerprint density at radius 1 is 1.24 bits per heavy atom. The molecule has 1 atom stereocenters. The summed E-state index contributed by atoms with van der Waals surface area (Å²) in [5, 5.41) is 4.54. The van der Waals surface area contributed by atoms with Crippen LogP contribution < -0.4 is 5.32 Å². The lowest BCUT2D eigenvalue weighted by Gasteiger charge is -2.17. The standard InChI is InChI=1S/C17H23FN2S/c1-10-7-8-13(18)9-14(10)19-11(2)15-12(3)20-16(21-15)17(4,5)6/h7-9,11,19H,1-6H3. The number of rotatable bonds is 3. The quantitative estimate of drug-likeness (QED) is 0.824. The van der Waals surface area contributed by atoms with Gasteiger partial charge in [-0.1, -0.05) is 26.8 Å². The fourth-order valence-electron chi connectivity index (χ4n) is 2.18. The number of aryl methyl sites for hydroxylation is 2. The number of thiazole rings is 1. The number of halogens is 1. The number of benzene rings is 1. The van der Waals surface area contributed by atoms with Crippen LogP contribution in [0.2, 0.25) is 0 Å². The molecule has 21 heavy (non-hydrogen) atoms. The molecule has 4 heteroatoms. The molecule has 0 saturated heterocycles. The zero-order valence-electron chi connectivity index (χ0n) is 13.5. The fraction of sp³-hybridized carbons (Fsp3) is 0.471. The summed E-state index contributed by atoms with van der Waals surface area (Å²) in [6.07, 6.45) is 0. The fourth-order valence-corrected chi connectivity index (χ4v) is 3.31. The number of nitrogens with one attached hydrogen (secondary N) is 1. The summed E-state index contributed by atoms with van der Waals surface area (Å²) in [5.41, 5.74) is 3.00. The predicted molar refractivity (Wildman–Crippen MR) is 88.7 cm³/mol. The second-order valence-electron chi connectivity index (χ2n) is 6.54. The summed E-state index contributed by atoms with van der Waals surface area (Å²) < 4.78 is 13.4. The van der Waals surface area contributed by atoms with Gasteiger partial charge in [-0.2, -0.15) is 0 Å². The van der Waals surface area contributed by atoms with Gasteiger partial charge in [-0.3, -0.25) is 0 Å². The van der Waals surface area contributed by atoms with E-state index in [4.69, 9.17) is 0 Å². The summed E-state index contributed by atoms with van der Waals surface area (Å²) in [5.74, 6) is -0.216. The van der Waals surface area contributed by atoms with Crippen LogP contribution in [0.5, 0.6) is 0 Å². The Kier molecular flexibility index (Phi) is 4.38. The molecule has 0 aliphatic heterocycles. The number of aromatic nitrogens is 1. The van der Waals surface area contributed by atoms with Crippen LogP contribution >= 0.6 is 11.3 Å². The highest BCUT2D eigenvalue weighted by molar-refractivity contribution is 7.12. The van der Waals surface area contributed by atoms with Crippen LogP contribution in [0.1, 0.15) is 54.9 Å². The molecule has 0 aliphatic carbocycles. The molecule has 114 valence electrons. The molecule has 0 fully saturated rings. The van der Waals surface area contributed by atoms with Crippen molar-refractivity contribution in [2.75, 3.05) is 5.32 Å². The molecule has 0 aliphatic rings. The number of hydrogen-bond acceptors (Lipinski definition) is 3. The van der Waals surface area contributed by atoms with Crippen LogP contribution in [0.3, 0.4) is 0 Å². The van der Waals surface area contributed by atoms with Gasteiger partial charge in [0, 0.05) is 16.0 Å². The molecule has 0 radical (unpaired) electrons. The monoisotopic (exact) mass is 306 g/mol. The molecule has 1 N–H and O–H groups in total.